The summed E-state index contributed by atoms with van der Waals surface area (Å²) in [5.41, 5.74) is 5.10. The van der Waals surface area contributed by atoms with Gasteiger partial charge in [-0.15, -0.1) is 0 Å². The van der Waals surface area contributed by atoms with Crippen molar-refractivity contribution in [1.82, 2.24) is 9.30 Å². The van der Waals surface area contributed by atoms with E-state index in [4.69, 9.17) is 4.74 Å². The molecular formula is C19H20N2O. The van der Waals surface area contributed by atoms with Gasteiger partial charge in [0.25, 0.3) is 0 Å². The molecule has 0 bridgehead atoms. The molecule has 0 spiro atoms. The van der Waals surface area contributed by atoms with Crippen molar-refractivity contribution >= 4 is 5.52 Å². The third kappa shape index (κ3) is 2.65. The van der Waals surface area contributed by atoms with Gasteiger partial charge in [0.2, 0.25) is 0 Å². The third-order valence-electron chi connectivity index (χ3n) is 4.32. The van der Waals surface area contributed by atoms with Gasteiger partial charge in [0.1, 0.15) is 0 Å². The Kier molecular flexibility index (Phi) is 3.67. The first-order valence-electron chi connectivity index (χ1n) is 7.86. The van der Waals surface area contributed by atoms with Gasteiger partial charge < -0.3 is 9.14 Å². The number of fused-ring (bicyclic) bond motifs is 1. The number of pyridine rings is 1. The molecule has 22 heavy (non-hydrogen) atoms. The van der Waals surface area contributed by atoms with Crippen molar-refractivity contribution in [3.8, 4) is 11.3 Å². The summed E-state index contributed by atoms with van der Waals surface area (Å²) in [6, 6.07) is 19.6. The van der Waals surface area contributed by atoms with Crippen LogP contribution in [0.25, 0.3) is 16.8 Å². The summed E-state index contributed by atoms with van der Waals surface area (Å²) < 4.78 is 7.64. The quantitative estimate of drug-likeness (QED) is 0.735. The molecule has 1 saturated heterocycles. The van der Waals surface area contributed by atoms with Crippen LogP contribution in [0.1, 0.15) is 5.56 Å². The van der Waals surface area contributed by atoms with Crippen molar-refractivity contribution in [3.63, 3.8) is 0 Å². The van der Waals surface area contributed by atoms with E-state index in [0.717, 1.165) is 32.8 Å². The highest BCUT2D eigenvalue weighted by Crippen LogP contribution is 2.23. The number of ether oxygens (including phenoxy) is 1. The minimum absolute atomic E-state index is 0.855. The molecule has 3 heteroatoms. The molecule has 3 nitrogen and oxygen atoms in total. The minimum Gasteiger partial charge on any atom is -0.379 e. The van der Waals surface area contributed by atoms with Crippen LogP contribution in [0.15, 0.2) is 60.8 Å². The zero-order chi connectivity index (χ0) is 14.8. The predicted octanol–water partition coefficient (Wildman–Crippen LogP) is 3.44. The lowest BCUT2D eigenvalue weighted by Gasteiger charge is -2.26. The first-order chi connectivity index (χ1) is 10.9. The summed E-state index contributed by atoms with van der Waals surface area (Å²) in [7, 11) is 0. The number of rotatable bonds is 3. The molecule has 1 aliphatic heterocycles. The molecule has 112 valence electrons. The molecule has 2 aromatic heterocycles. The Balaban J connectivity index is 1.56. The topological polar surface area (TPSA) is 16.9 Å². The molecule has 1 fully saturated rings. The van der Waals surface area contributed by atoms with Crippen molar-refractivity contribution in [1.29, 1.82) is 0 Å². The highest BCUT2D eigenvalue weighted by atomic mass is 16.5. The fraction of sp³-hybridized carbons (Fsp3) is 0.263. The lowest BCUT2D eigenvalue weighted by Crippen LogP contribution is -2.35. The summed E-state index contributed by atoms with van der Waals surface area (Å²) in [5, 5.41) is 0. The van der Waals surface area contributed by atoms with E-state index < -0.39 is 0 Å². The van der Waals surface area contributed by atoms with Crippen LogP contribution in [0, 0.1) is 0 Å². The molecule has 0 N–H and O–H groups in total. The number of nitrogens with zero attached hydrogens (tertiary/aromatic N) is 2. The lowest BCUT2D eigenvalue weighted by molar-refractivity contribution is 0.0342. The number of morpholine rings is 1. The molecule has 0 unspecified atom stereocenters. The average molecular weight is 292 g/mol. The number of benzene rings is 1. The van der Waals surface area contributed by atoms with Crippen molar-refractivity contribution < 1.29 is 4.74 Å². The maximum atomic E-state index is 5.40. The molecule has 0 atom stereocenters. The molecule has 0 aliphatic carbocycles. The van der Waals surface area contributed by atoms with E-state index in [0.29, 0.717) is 0 Å². The zero-order valence-electron chi connectivity index (χ0n) is 12.6. The Morgan fingerprint density at radius 2 is 1.68 bits per heavy atom. The van der Waals surface area contributed by atoms with Gasteiger partial charge in [-0.05, 0) is 35.4 Å². The normalized spacial score (nSPS) is 16.2. The molecule has 0 saturated carbocycles. The number of aromatic nitrogens is 1. The first-order valence-corrected chi connectivity index (χ1v) is 7.86. The molecule has 1 aliphatic rings. The van der Waals surface area contributed by atoms with Crippen LogP contribution in [-0.4, -0.2) is 35.6 Å². The highest BCUT2D eigenvalue weighted by Gasteiger charge is 2.11. The van der Waals surface area contributed by atoms with Gasteiger partial charge in [0, 0.05) is 31.3 Å². The number of hydrogen-bond donors (Lipinski definition) is 0. The lowest BCUT2D eigenvalue weighted by atomic mass is 10.1. The molecule has 1 aromatic carbocycles. The van der Waals surface area contributed by atoms with Crippen LogP contribution in [0.3, 0.4) is 0 Å². The van der Waals surface area contributed by atoms with Gasteiger partial charge >= 0.3 is 0 Å². The standard InChI is InChI=1S/C19H20N2O/c1-2-10-21-18(3-1)8-9-19(21)17-6-4-16(5-7-17)15-20-11-13-22-14-12-20/h1-10H,11-15H2. The second-order valence-corrected chi connectivity index (χ2v) is 5.80. The molecule has 4 rings (SSSR count). The van der Waals surface area contributed by atoms with Crippen molar-refractivity contribution in [3.05, 3.63) is 66.4 Å². The van der Waals surface area contributed by atoms with Crippen LogP contribution >= 0.6 is 0 Å². The molecule has 0 radical (unpaired) electrons. The SMILES string of the molecule is c1ccn2c(-c3ccc(CN4CCOCC4)cc3)ccc2c1. The van der Waals surface area contributed by atoms with Crippen LogP contribution in [0.4, 0.5) is 0 Å². The fourth-order valence-corrected chi connectivity index (χ4v) is 3.09. The van der Waals surface area contributed by atoms with Crippen molar-refractivity contribution in [2.75, 3.05) is 26.3 Å². The maximum absolute atomic E-state index is 5.40. The Labute approximate surface area is 130 Å². The van der Waals surface area contributed by atoms with Gasteiger partial charge in [0.05, 0.1) is 18.9 Å². The van der Waals surface area contributed by atoms with E-state index in [1.165, 1.54) is 22.3 Å². The Hall–Kier alpha value is -2.10. The van der Waals surface area contributed by atoms with E-state index >= 15 is 0 Å². The Morgan fingerprint density at radius 1 is 0.864 bits per heavy atom. The minimum atomic E-state index is 0.855. The van der Waals surface area contributed by atoms with E-state index in [2.05, 4.69) is 70.1 Å². The molecule has 3 aromatic rings. The van der Waals surface area contributed by atoms with E-state index in [-0.39, 0.29) is 0 Å². The van der Waals surface area contributed by atoms with Gasteiger partial charge in [0.15, 0.2) is 0 Å². The van der Waals surface area contributed by atoms with Crippen molar-refractivity contribution in [2.24, 2.45) is 0 Å². The van der Waals surface area contributed by atoms with Crippen LogP contribution in [0.2, 0.25) is 0 Å². The smallest absolute Gasteiger partial charge is 0.0594 e. The van der Waals surface area contributed by atoms with E-state index in [1.54, 1.807) is 0 Å². The third-order valence-corrected chi connectivity index (χ3v) is 4.32. The second kappa shape index (κ2) is 5.95. The summed E-state index contributed by atoms with van der Waals surface area (Å²) in [4.78, 5) is 2.45. The monoisotopic (exact) mass is 292 g/mol. The van der Waals surface area contributed by atoms with Gasteiger partial charge in [-0.1, -0.05) is 30.3 Å². The van der Waals surface area contributed by atoms with Crippen LogP contribution < -0.4 is 0 Å². The summed E-state index contributed by atoms with van der Waals surface area (Å²) >= 11 is 0. The zero-order valence-corrected chi connectivity index (χ0v) is 12.6. The van der Waals surface area contributed by atoms with E-state index in [9.17, 15) is 0 Å². The summed E-state index contributed by atoms with van der Waals surface area (Å²) in [5.74, 6) is 0. The second-order valence-electron chi connectivity index (χ2n) is 5.80. The van der Waals surface area contributed by atoms with Gasteiger partial charge in [-0.25, -0.2) is 0 Å². The fourth-order valence-electron chi connectivity index (χ4n) is 3.09. The average Bonchev–Trinajstić information content (AvgIpc) is 3.01. The van der Waals surface area contributed by atoms with Gasteiger partial charge in [-0.2, -0.15) is 0 Å². The van der Waals surface area contributed by atoms with Gasteiger partial charge in [-0.3, -0.25) is 4.90 Å². The van der Waals surface area contributed by atoms with E-state index in [1.807, 2.05) is 0 Å². The molecular weight excluding hydrogens is 272 g/mol. The summed E-state index contributed by atoms with van der Waals surface area (Å²) in [6.45, 7) is 4.79. The summed E-state index contributed by atoms with van der Waals surface area (Å²) in [6.07, 6.45) is 2.12. The molecule has 0 amide bonds. The maximum Gasteiger partial charge on any atom is 0.0594 e. The first kappa shape index (κ1) is 13.6. The number of hydrogen-bond acceptors (Lipinski definition) is 2. The predicted molar refractivity (Wildman–Crippen MR) is 88.9 cm³/mol. The Morgan fingerprint density at radius 3 is 2.50 bits per heavy atom. The Bertz CT molecular complexity index is 754. The van der Waals surface area contributed by atoms with Crippen LogP contribution in [0.5, 0.6) is 0 Å². The van der Waals surface area contributed by atoms with Crippen molar-refractivity contribution in [2.45, 2.75) is 6.54 Å². The van der Waals surface area contributed by atoms with Crippen LogP contribution in [-0.2, 0) is 11.3 Å². The highest BCUT2D eigenvalue weighted by molar-refractivity contribution is 5.67. The largest absolute Gasteiger partial charge is 0.379 e. The molecule has 3 heterocycles.